The summed E-state index contributed by atoms with van der Waals surface area (Å²) < 4.78 is 0. The van der Waals surface area contributed by atoms with Crippen molar-refractivity contribution in [3.05, 3.63) is 48.4 Å². The van der Waals surface area contributed by atoms with Crippen LogP contribution in [0.3, 0.4) is 0 Å². The van der Waals surface area contributed by atoms with Crippen LogP contribution in [-0.4, -0.2) is 5.25 Å². The van der Waals surface area contributed by atoms with Crippen LogP contribution in [0.5, 0.6) is 0 Å². The van der Waals surface area contributed by atoms with Crippen molar-refractivity contribution in [1.82, 2.24) is 0 Å². The van der Waals surface area contributed by atoms with E-state index in [0.29, 0.717) is 5.25 Å². The van der Waals surface area contributed by atoms with Crippen LogP contribution in [0.1, 0.15) is 13.8 Å². The summed E-state index contributed by atoms with van der Waals surface area (Å²) >= 11 is 1.82. The molecular formula is C11H16S. The summed E-state index contributed by atoms with van der Waals surface area (Å²) in [4.78, 5) is 1.22. The summed E-state index contributed by atoms with van der Waals surface area (Å²) in [5.41, 5.74) is 0. The highest BCUT2D eigenvalue weighted by Gasteiger charge is 1.95. The molecule has 0 nitrogen and oxygen atoms in total. The first kappa shape index (κ1) is 11.3. The van der Waals surface area contributed by atoms with Crippen LogP contribution in [0, 0.1) is 0 Å². The maximum absolute atomic E-state index is 3.67. The fourth-order valence-electron chi connectivity index (χ4n) is 0.685. The topological polar surface area (TPSA) is 0 Å². The van der Waals surface area contributed by atoms with Gasteiger partial charge in [-0.3, -0.25) is 0 Å². The molecule has 0 aliphatic carbocycles. The summed E-state index contributed by atoms with van der Waals surface area (Å²) in [5, 5.41) is 0.602. The predicted molar refractivity (Wildman–Crippen MR) is 60.3 cm³/mol. The Bertz CT molecular complexity index is 197. The van der Waals surface area contributed by atoms with Gasteiger partial charge in [0, 0.05) is 10.2 Å². The highest BCUT2D eigenvalue weighted by molar-refractivity contribution is 8.03. The molecule has 0 heterocycles. The molecule has 0 bridgehead atoms. The summed E-state index contributed by atoms with van der Waals surface area (Å²) in [6.07, 6.45) is 9.56. The second-order valence-electron chi connectivity index (χ2n) is 2.57. The molecule has 0 rings (SSSR count). The third kappa shape index (κ3) is 6.05. The molecule has 0 aromatic heterocycles. The van der Waals surface area contributed by atoms with Gasteiger partial charge in [-0.15, -0.1) is 11.8 Å². The summed E-state index contributed by atoms with van der Waals surface area (Å²) in [6, 6.07) is 0. The van der Waals surface area contributed by atoms with Crippen molar-refractivity contribution in [2.24, 2.45) is 0 Å². The SMILES string of the molecule is C=C/C=C\C(=C/C=C)SC(C)C. The van der Waals surface area contributed by atoms with Gasteiger partial charge in [0.1, 0.15) is 0 Å². The molecule has 0 spiro atoms. The minimum atomic E-state index is 0.602. The molecule has 0 aromatic rings. The lowest BCUT2D eigenvalue weighted by atomic mass is 10.4. The van der Waals surface area contributed by atoms with Gasteiger partial charge >= 0.3 is 0 Å². The molecule has 0 radical (unpaired) electrons. The van der Waals surface area contributed by atoms with Crippen molar-refractivity contribution in [1.29, 1.82) is 0 Å². The van der Waals surface area contributed by atoms with Gasteiger partial charge in [-0.1, -0.05) is 45.2 Å². The average Bonchev–Trinajstić information content (AvgIpc) is 2.00. The quantitative estimate of drug-likeness (QED) is 0.577. The molecule has 0 N–H and O–H groups in total. The Balaban J connectivity index is 4.23. The molecule has 0 atom stereocenters. The van der Waals surface area contributed by atoms with Gasteiger partial charge in [0.25, 0.3) is 0 Å². The van der Waals surface area contributed by atoms with Crippen molar-refractivity contribution >= 4 is 11.8 Å². The Labute approximate surface area is 79.8 Å². The van der Waals surface area contributed by atoms with Gasteiger partial charge < -0.3 is 0 Å². The molecule has 66 valence electrons. The highest BCUT2D eigenvalue weighted by Crippen LogP contribution is 2.22. The molecule has 0 aliphatic heterocycles. The first-order valence-electron chi connectivity index (χ1n) is 3.99. The van der Waals surface area contributed by atoms with Crippen LogP contribution < -0.4 is 0 Å². The second-order valence-corrected chi connectivity index (χ2v) is 4.22. The summed E-state index contributed by atoms with van der Waals surface area (Å²) in [7, 11) is 0. The normalized spacial score (nSPS) is 12.4. The van der Waals surface area contributed by atoms with Crippen LogP contribution in [0.25, 0.3) is 0 Å². The van der Waals surface area contributed by atoms with Crippen LogP contribution in [0.15, 0.2) is 48.4 Å². The van der Waals surface area contributed by atoms with E-state index in [9.17, 15) is 0 Å². The van der Waals surface area contributed by atoms with Gasteiger partial charge in [0.15, 0.2) is 0 Å². The number of rotatable bonds is 5. The minimum absolute atomic E-state index is 0.602. The molecule has 0 fully saturated rings. The van der Waals surface area contributed by atoms with E-state index in [1.54, 1.807) is 12.2 Å². The largest absolute Gasteiger partial charge is 0.123 e. The number of hydrogen-bond acceptors (Lipinski definition) is 1. The van der Waals surface area contributed by atoms with Crippen LogP contribution in [0.4, 0.5) is 0 Å². The standard InChI is InChI=1S/C11H16S/c1-5-7-9-11(8-6-2)12-10(3)4/h5-10H,1-2H2,3-4H3/b9-7-,11-8+. The molecule has 0 aromatic carbocycles. The zero-order chi connectivity index (χ0) is 9.40. The van der Waals surface area contributed by atoms with E-state index in [2.05, 4.69) is 27.0 Å². The first-order chi connectivity index (χ1) is 5.70. The zero-order valence-electron chi connectivity index (χ0n) is 7.79. The number of hydrogen-bond donors (Lipinski definition) is 0. The molecule has 0 saturated heterocycles. The monoisotopic (exact) mass is 180 g/mol. The van der Waals surface area contributed by atoms with E-state index in [4.69, 9.17) is 0 Å². The molecule has 0 amide bonds. The molecule has 0 saturated carbocycles. The molecule has 0 unspecified atom stereocenters. The lowest BCUT2D eigenvalue weighted by Gasteiger charge is -2.03. The van der Waals surface area contributed by atoms with Crippen molar-refractivity contribution < 1.29 is 0 Å². The van der Waals surface area contributed by atoms with Crippen molar-refractivity contribution in [3.8, 4) is 0 Å². The molecule has 12 heavy (non-hydrogen) atoms. The first-order valence-corrected chi connectivity index (χ1v) is 4.87. The van der Waals surface area contributed by atoms with Gasteiger partial charge in [-0.05, 0) is 12.2 Å². The lowest BCUT2D eigenvalue weighted by molar-refractivity contribution is 1.12. The van der Waals surface area contributed by atoms with E-state index in [-0.39, 0.29) is 0 Å². The Morgan fingerprint density at radius 3 is 2.33 bits per heavy atom. The third-order valence-corrected chi connectivity index (χ3v) is 2.07. The van der Waals surface area contributed by atoms with Crippen molar-refractivity contribution in [2.75, 3.05) is 0 Å². The van der Waals surface area contributed by atoms with Crippen molar-refractivity contribution in [2.45, 2.75) is 19.1 Å². The van der Waals surface area contributed by atoms with Gasteiger partial charge in [0.2, 0.25) is 0 Å². The fourth-order valence-corrected chi connectivity index (χ4v) is 1.56. The third-order valence-electron chi connectivity index (χ3n) is 1.05. The number of thioether (sulfide) groups is 1. The highest BCUT2D eigenvalue weighted by atomic mass is 32.2. The van der Waals surface area contributed by atoms with E-state index in [1.165, 1.54) is 4.91 Å². The summed E-state index contributed by atoms with van der Waals surface area (Å²) in [5.74, 6) is 0. The fraction of sp³-hybridized carbons (Fsp3) is 0.273. The Kier molecular flexibility index (Phi) is 6.58. The van der Waals surface area contributed by atoms with E-state index >= 15 is 0 Å². The minimum Gasteiger partial charge on any atom is -0.123 e. The maximum Gasteiger partial charge on any atom is 0.00743 e. The van der Waals surface area contributed by atoms with Crippen LogP contribution >= 0.6 is 11.8 Å². The Morgan fingerprint density at radius 2 is 1.92 bits per heavy atom. The molecular weight excluding hydrogens is 164 g/mol. The van der Waals surface area contributed by atoms with E-state index in [1.807, 2.05) is 30.0 Å². The van der Waals surface area contributed by atoms with Gasteiger partial charge in [-0.2, -0.15) is 0 Å². The molecule has 0 aliphatic rings. The maximum atomic E-state index is 3.67. The predicted octanol–water partition coefficient (Wildman–Crippen LogP) is 3.94. The van der Waals surface area contributed by atoms with Crippen LogP contribution in [-0.2, 0) is 0 Å². The van der Waals surface area contributed by atoms with E-state index < -0.39 is 0 Å². The van der Waals surface area contributed by atoms with Crippen LogP contribution in [0.2, 0.25) is 0 Å². The van der Waals surface area contributed by atoms with Gasteiger partial charge in [0.05, 0.1) is 0 Å². The Morgan fingerprint density at radius 1 is 1.25 bits per heavy atom. The van der Waals surface area contributed by atoms with Crippen molar-refractivity contribution in [3.63, 3.8) is 0 Å². The average molecular weight is 180 g/mol. The van der Waals surface area contributed by atoms with E-state index in [0.717, 1.165) is 0 Å². The second kappa shape index (κ2) is 6.99. The molecule has 1 heteroatoms. The van der Waals surface area contributed by atoms with Gasteiger partial charge in [-0.25, -0.2) is 0 Å². The number of allylic oxidation sites excluding steroid dienone is 5. The lowest BCUT2D eigenvalue weighted by Crippen LogP contribution is -1.85. The smallest absolute Gasteiger partial charge is 0.00743 e. The summed E-state index contributed by atoms with van der Waals surface area (Å²) in [6.45, 7) is 11.6. The Hall–Kier alpha value is -0.690. The zero-order valence-corrected chi connectivity index (χ0v) is 8.60.